The second-order valence-corrected chi connectivity index (χ2v) is 5.86. The summed E-state index contributed by atoms with van der Waals surface area (Å²) in [5.74, 6) is -1.25. The zero-order chi connectivity index (χ0) is 17.7. The number of halogens is 4. The minimum Gasteiger partial charge on any atom is -0.461 e. The maximum atomic E-state index is 13.5. The number of benzene rings is 2. The number of aryl methyl sites for hydroxylation is 1. The van der Waals surface area contributed by atoms with Crippen molar-refractivity contribution in [2.75, 3.05) is 6.61 Å². The summed E-state index contributed by atoms with van der Waals surface area (Å²) in [7, 11) is 0. The van der Waals surface area contributed by atoms with Crippen molar-refractivity contribution in [2.45, 2.75) is 19.8 Å². The van der Waals surface area contributed by atoms with Gasteiger partial charge in [-0.2, -0.15) is 8.78 Å². The monoisotopic (exact) mass is 402 g/mol. The van der Waals surface area contributed by atoms with Crippen LogP contribution in [0.15, 0.2) is 40.9 Å². The summed E-state index contributed by atoms with van der Waals surface area (Å²) in [5.41, 5.74) is 1.33. The predicted molar refractivity (Wildman–Crippen MR) is 86.0 cm³/mol. The zero-order valence-electron chi connectivity index (χ0n) is 12.7. The Morgan fingerprint density at radius 2 is 2.00 bits per heavy atom. The van der Waals surface area contributed by atoms with Crippen molar-refractivity contribution in [2.24, 2.45) is 0 Å². The van der Waals surface area contributed by atoms with Gasteiger partial charge in [0.1, 0.15) is 17.3 Å². The van der Waals surface area contributed by atoms with Crippen molar-refractivity contribution >= 4 is 21.9 Å². The fraction of sp³-hybridized carbons (Fsp3) is 0.235. The summed E-state index contributed by atoms with van der Waals surface area (Å²) < 4.78 is 48.6. The summed E-state index contributed by atoms with van der Waals surface area (Å²) in [5, 5.41) is 0. The Labute approximate surface area is 145 Å². The van der Waals surface area contributed by atoms with Gasteiger partial charge in [0.15, 0.2) is 0 Å². The highest BCUT2D eigenvalue weighted by molar-refractivity contribution is 9.10. The average molecular weight is 403 g/mol. The van der Waals surface area contributed by atoms with E-state index in [1.807, 2.05) is 0 Å². The summed E-state index contributed by atoms with van der Waals surface area (Å²) in [6, 6.07) is 9.42. The molecule has 0 aliphatic heterocycles. The lowest BCUT2D eigenvalue weighted by Gasteiger charge is -2.13. The van der Waals surface area contributed by atoms with Crippen LogP contribution in [-0.4, -0.2) is 19.0 Å². The molecule has 2 aromatic carbocycles. The van der Waals surface area contributed by atoms with Crippen molar-refractivity contribution in [1.82, 2.24) is 0 Å². The van der Waals surface area contributed by atoms with E-state index >= 15 is 0 Å². The lowest BCUT2D eigenvalue weighted by Crippen LogP contribution is -2.16. The largest absolute Gasteiger partial charge is 0.461 e. The van der Waals surface area contributed by atoms with Crippen LogP contribution >= 0.6 is 15.9 Å². The topological polar surface area (TPSA) is 35.5 Å². The molecule has 2 aromatic rings. The van der Waals surface area contributed by atoms with Gasteiger partial charge in [-0.3, -0.25) is 0 Å². The Bertz CT molecular complexity index is 715. The quantitative estimate of drug-likeness (QED) is 0.634. The van der Waals surface area contributed by atoms with Gasteiger partial charge in [0, 0.05) is 22.5 Å². The molecular weight excluding hydrogens is 389 g/mol. The van der Waals surface area contributed by atoms with E-state index in [2.05, 4.69) is 20.7 Å². The number of alkyl halides is 2. The number of carbonyl (C=O) groups is 1. The summed E-state index contributed by atoms with van der Waals surface area (Å²) >= 11 is 3.34. The SMILES string of the molecule is Cc1cc(F)cc(Oc2cccc(Br)c2CCOC(=O)C(F)F)c1. The van der Waals surface area contributed by atoms with Crippen LogP contribution < -0.4 is 4.74 Å². The first kappa shape index (κ1) is 18.3. The molecule has 0 aromatic heterocycles. The molecule has 0 unspecified atom stereocenters. The van der Waals surface area contributed by atoms with Gasteiger partial charge in [0.25, 0.3) is 0 Å². The van der Waals surface area contributed by atoms with E-state index < -0.39 is 18.2 Å². The molecule has 3 nitrogen and oxygen atoms in total. The van der Waals surface area contributed by atoms with E-state index in [-0.39, 0.29) is 13.0 Å². The fourth-order valence-electron chi connectivity index (χ4n) is 2.08. The van der Waals surface area contributed by atoms with E-state index in [9.17, 15) is 18.0 Å². The molecule has 0 saturated carbocycles. The third-order valence-corrected chi connectivity index (χ3v) is 3.84. The van der Waals surface area contributed by atoms with Gasteiger partial charge < -0.3 is 9.47 Å². The van der Waals surface area contributed by atoms with Crippen LogP contribution in [0.3, 0.4) is 0 Å². The van der Waals surface area contributed by atoms with E-state index in [0.717, 1.165) is 0 Å². The van der Waals surface area contributed by atoms with Crippen molar-refractivity contribution < 1.29 is 27.4 Å². The van der Waals surface area contributed by atoms with Crippen molar-refractivity contribution in [1.29, 1.82) is 0 Å². The Morgan fingerprint density at radius 3 is 2.67 bits per heavy atom. The van der Waals surface area contributed by atoms with Gasteiger partial charge in [-0.1, -0.05) is 22.0 Å². The molecule has 0 spiro atoms. The third kappa shape index (κ3) is 4.99. The minimum atomic E-state index is -3.16. The first-order chi connectivity index (χ1) is 11.4. The number of hydrogen-bond donors (Lipinski definition) is 0. The van der Waals surface area contributed by atoms with Crippen LogP contribution in [0.5, 0.6) is 11.5 Å². The molecular formula is C17H14BrF3O3. The normalized spacial score (nSPS) is 10.8. The molecule has 0 fully saturated rings. The fourth-order valence-corrected chi connectivity index (χ4v) is 2.63. The standard InChI is InChI=1S/C17H14BrF3O3/c1-10-7-11(19)9-12(8-10)24-15-4-2-3-14(18)13(15)5-6-23-17(22)16(20)21/h2-4,7-9,16H,5-6H2,1H3. The zero-order valence-corrected chi connectivity index (χ0v) is 14.3. The van der Waals surface area contributed by atoms with Crippen LogP contribution in [-0.2, 0) is 16.0 Å². The predicted octanol–water partition coefficient (Wildman–Crippen LogP) is 5.04. The first-order valence-corrected chi connectivity index (χ1v) is 7.83. The molecule has 0 N–H and O–H groups in total. The van der Waals surface area contributed by atoms with Crippen LogP contribution in [0.4, 0.5) is 13.2 Å². The maximum Gasteiger partial charge on any atom is 0.373 e. The van der Waals surface area contributed by atoms with E-state index in [0.29, 0.717) is 27.1 Å². The summed E-state index contributed by atoms with van der Waals surface area (Å²) in [4.78, 5) is 10.8. The van der Waals surface area contributed by atoms with Crippen LogP contribution in [0.1, 0.15) is 11.1 Å². The Balaban J connectivity index is 2.15. The van der Waals surface area contributed by atoms with Crippen molar-refractivity contribution in [3.8, 4) is 11.5 Å². The number of carbonyl (C=O) groups excluding carboxylic acids is 1. The van der Waals surface area contributed by atoms with Gasteiger partial charge >= 0.3 is 12.4 Å². The number of rotatable bonds is 6. The second-order valence-electron chi connectivity index (χ2n) is 5.00. The summed E-state index contributed by atoms with van der Waals surface area (Å²) in [6.45, 7) is 1.52. The van der Waals surface area contributed by atoms with Gasteiger partial charge in [0.2, 0.25) is 0 Å². The lowest BCUT2D eigenvalue weighted by atomic mass is 10.1. The maximum absolute atomic E-state index is 13.5. The van der Waals surface area contributed by atoms with E-state index in [4.69, 9.17) is 4.74 Å². The van der Waals surface area contributed by atoms with Crippen LogP contribution in [0.2, 0.25) is 0 Å². The molecule has 0 amide bonds. The third-order valence-electron chi connectivity index (χ3n) is 3.09. The number of hydrogen-bond acceptors (Lipinski definition) is 3. The Morgan fingerprint density at radius 1 is 1.25 bits per heavy atom. The molecule has 0 saturated heterocycles. The molecule has 0 radical (unpaired) electrons. The van der Waals surface area contributed by atoms with Gasteiger partial charge in [-0.15, -0.1) is 0 Å². The van der Waals surface area contributed by atoms with Gasteiger partial charge in [0.05, 0.1) is 6.61 Å². The highest BCUT2D eigenvalue weighted by Crippen LogP contribution is 2.32. The van der Waals surface area contributed by atoms with Crippen molar-refractivity contribution in [3.05, 3.63) is 57.8 Å². The number of esters is 1. The minimum absolute atomic E-state index is 0.170. The molecule has 0 heterocycles. The number of ether oxygens (including phenoxy) is 2. The second kappa shape index (κ2) is 8.19. The molecule has 24 heavy (non-hydrogen) atoms. The molecule has 0 atom stereocenters. The smallest absolute Gasteiger partial charge is 0.373 e. The molecule has 0 aliphatic rings. The van der Waals surface area contributed by atoms with Crippen molar-refractivity contribution in [3.63, 3.8) is 0 Å². The molecule has 7 heteroatoms. The van der Waals surface area contributed by atoms with Gasteiger partial charge in [-0.25, -0.2) is 9.18 Å². The van der Waals surface area contributed by atoms with Crippen LogP contribution in [0, 0.1) is 12.7 Å². The molecule has 2 rings (SSSR count). The molecule has 0 bridgehead atoms. The lowest BCUT2D eigenvalue weighted by molar-refractivity contribution is -0.156. The average Bonchev–Trinajstić information content (AvgIpc) is 2.48. The highest BCUT2D eigenvalue weighted by atomic mass is 79.9. The highest BCUT2D eigenvalue weighted by Gasteiger charge is 2.17. The first-order valence-electron chi connectivity index (χ1n) is 7.04. The molecule has 128 valence electrons. The summed E-state index contributed by atoms with van der Waals surface area (Å²) in [6.07, 6.45) is -2.99. The molecule has 0 aliphatic carbocycles. The Kier molecular flexibility index (Phi) is 6.25. The Hall–Kier alpha value is -2.02. The van der Waals surface area contributed by atoms with E-state index in [1.54, 1.807) is 31.2 Å². The van der Waals surface area contributed by atoms with Gasteiger partial charge in [-0.05, 0) is 36.8 Å². The van der Waals surface area contributed by atoms with E-state index in [1.165, 1.54) is 12.1 Å². The van der Waals surface area contributed by atoms with Crippen LogP contribution in [0.25, 0.3) is 0 Å².